The van der Waals surface area contributed by atoms with Gasteiger partial charge in [-0.15, -0.1) is 0 Å². The Balaban J connectivity index is 1.16. The summed E-state index contributed by atoms with van der Waals surface area (Å²) < 4.78 is 26.9. The Morgan fingerprint density at radius 3 is 1.26 bits per heavy atom. The third-order valence-electron chi connectivity index (χ3n) is 12.6. The van der Waals surface area contributed by atoms with Crippen molar-refractivity contribution in [2.75, 3.05) is 33.9 Å². The third-order valence-corrected chi connectivity index (χ3v) is 12.6. The summed E-state index contributed by atoms with van der Waals surface area (Å²) in [5.74, 6) is -1.04. The van der Waals surface area contributed by atoms with Gasteiger partial charge >= 0.3 is 18.3 Å². The molecule has 5 amide bonds. The molecule has 0 spiro atoms. The third kappa shape index (κ3) is 22.1. The van der Waals surface area contributed by atoms with Crippen LogP contribution in [0.15, 0.2) is 127 Å². The van der Waals surface area contributed by atoms with E-state index in [1.165, 1.54) is 14.2 Å². The molecule has 0 aromatic heterocycles. The van der Waals surface area contributed by atoms with Crippen LogP contribution in [0.2, 0.25) is 0 Å². The van der Waals surface area contributed by atoms with E-state index in [1.54, 1.807) is 36.4 Å². The van der Waals surface area contributed by atoms with Crippen molar-refractivity contribution in [2.24, 2.45) is 5.73 Å². The van der Waals surface area contributed by atoms with E-state index in [9.17, 15) is 33.6 Å². The van der Waals surface area contributed by atoms with Crippen molar-refractivity contribution in [3.05, 3.63) is 166 Å². The van der Waals surface area contributed by atoms with Crippen molar-refractivity contribution in [1.29, 1.82) is 0 Å². The Labute approximate surface area is 456 Å². The highest BCUT2D eigenvalue weighted by molar-refractivity contribution is 6.01. The van der Waals surface area contributed by atoms with Crippen LogP contribution in [0.5, 0.6) is 11.5 Å². The van der Waals surface area contributed by atoms with Crippen LogP contribution in [-0.4, -0.2) is 93.6 Å². The number of nitrogens with one attached hydrogen (secondary N) is 5. The zero-order chi connectivity index (χ0) is 55.9. The normalized spacial score (nSPS) is 11.9. The molecule has 0 heterocycles. The number of hydrogen-bond acceptors (Lipinski definition) is 13. The van der Waals surface area contributed by atoms with Crippen molar-refractivity contribution >= 4 is 41.7 Å². The number of carbonyl (C=O) groups is 7. The lowest BCUT2D eigenvalue weighted by molar-refractivity contribution is -0.120. The average Bonchev–Trinajstić information content (AvgIpc) is 3.45. The molecule has 18 heteroatoms. The summed E-state index contributed by atoms with van der Waals surface area (Å²) in [6.07, 6.45) is 2.83. The van der Waals surface area contributed by atoms with Gasteiger partial charge in [-0.25, -0.2) is 14.4 Å². The van der Waals surface area contributed by atoms with Gasteiger partial charge in [0.1, 0.15) is 31.3 Å². The smallest absolute Gasteiger partial charge is 0.407 e. The first-order valence-corrected chi connectivity index (χ1v) is 26.4. The highest BCUT2D eigenvalue weighted by atomic mass is 16.6. The zero-order valence-electron chi connectivity index (χ0n) is 44.9. The van der Waals surface area contributed by atoms with Crippen molar-refractivity contribution < 1.29 is 57.2 Å². The second-order valence-electron chi connectivity index (χ2n) is 18.8. The van der Waals surface area contributed by atoms with Gasteiger partial charge in [0.15, 0.2) is 11.6 Å². The Morgan fingerprint density at radius 2 is 0.833 bits per heavy atom. The van der Waals surface area contributed by atoms with Gasteiger partial charge in [-0.2, -0.15) is 0 Å². The number of unbranched alkanes of at least 4 members (excludes halogenated alkanes) is 3. The van der Waals surface area contributed by atoms with Gasteiger partial charge in [0.2, 0.25) is 0 Å². The van der Waals surface area contributed by atoms with Gasteiger partial charge in [0, 0.05) is 38.5 Å². The zero-order valence-corrected chi connectivity index (χ0v) is 44.9. The van der Waals surface area contributed by atoms with Crippen molar-refractivity contribution in [1.82, 2.24) is 26.6 Å². The van der Waals surface area contributed by atoms with Crippen LogP contribution in [-0.2, 0) is 56.5 Å². The van der Waals surface area contributed by atoms with Crippen LogP contribution in [0.3, 0.4) is 0 Å². The summed E-state index contributed by atoms with van der Waals surface area (Å²) in [7, 11) is 2.86. The summed E-state index contributed by atoms with van der Waals surface area (Å²) in [4.78, 5) is 92.1. The molecule has 7 N–H and O–H groups in total. The van der Waals surface area contributed by atoms with E-state index in [2.05, 4.69) is 26.6 Å². The van der Waals surface area contributed by atoms with Gasteiger partial charge in [0.05, 0.1) is 37.4 Å². The largest absolute Gasteiger partial charge is 0.496 e. The quantitative estimate of drug-likeness (QED) is 0.0171. The first-order valence-electron chi connectivity index (χ1n) is 26.4. The molecule has 78 heavy (non-hydrogen) atoms. The van der Waals surface area contributed by atoms with Crippen LogP contribution < -0.4 is 41.8 Å². The van der Waals surface area contributed by atoms with E-state index in [1.807, 2.05) is 97.9 Å². The molecule has 0 aliphatic carbocycles. The summed E-state index contributed by atoms with van der Waals surface area (Å²) in [5, 5.41) is 14.1. The molecule has 5 aromatic rings. The minimum absolute atomic E-state index is 0.0593. The van der Waals surface area contributed by atoms with Gasteiger partial charge in [-0.1, -0.05) is 103 Å². The topological polar surface area (TPSA) is 252 Å². The molecule has 3 atom stereocenters. The number of ketones is 2. The molecule has 0 aliphatic rings. The number of methoxy groups -OCH3 is 2. The number of ether oxygens (including phenoxy) is 5. The van der Waals surface area contributed by atoms with Crippen molar-refractivity contribution in [2.45, 2.75) is 115 Å². The molecule has 0 bridgehead atoms. The second-order valence-corrected chi connectivity index (χ2v) is 18.8. The van der Waals surface area contributed by atoms with Crippen LogP contribution in [0, 0.1) is 0 Å². The predicted molar refractivity (Wildman–Crippen MR) is 295 cm³/mol. The van der Waals surface area contributed by atoms with E-state index in [4.69, 9.17) is 29.4 Å². The molecule has 18 nitrogen and oxygen atoms in total. The van der Waals surface area contributed by atoms with Gasteiger partial charge in [0.25, 0.3) is 11.8 Å². The Morgan fingerprint density at radius 1 is 0.449 bits per heavy atom. The molecule has 0 fully saturated rings. The summed E-state index contributed by atoms with van der Waals surface area (Å²) in [5.41, 5.74) is 10.3. The number of carbonyl (C=O) groups excluding carboxylic acids is 7. The molecule has 0 radical (unpaired) electrons. The molecular weight excluding hydrogens is 997 g/mol. The lowest BCUT2D eigenvalue weighted by Gasteiger charge is -2.20. The van der Waals surface area contributed by atoms with E-state index in [0.29, 0.717) is 81.3 Å². The number of hydrogen-bond donors (Lipinski definition) is 6. The minimum Gasteiger partial charge on any atom is -0.496 e. The number of benzene rings is 5. The Kier molecular flexibility index (Phi) is 26.2. The number of rotatable bonds is 33. The summed E-state index contributed by atoms with van der Waals surface area (Å²) >= 11 is 0. The van der Waals surface area contributed by atoms with Gasteiger partial charge in [-0.05, 0) is 117 Å². The standard InChI is InChI=1S/C60H74N6O12/c1-42(19-13-16-32-62-58(71)76-39-43-20-7-4-8-21-43)65-56(69)48-36-47(29-31-54(48)74-2)38-53(68)51(27-15-18-34-64-60(73)78-41-45-24-11-6-12-25-45)66-57(70)49-35-46(28-30-55(49)75-3)37-52(67)50(61)26-14-17-33-63-59(72)77-40-44-22-9-5-10-23-44/h4-12,20-25,28-31,35-36,42,50-51H,13-19,26-27,32-34,37-41,61H2,1-3H3,(H,62,71)(H,63,72)(H,64,73)(H,65,69)(H,66,70)/t42-,50+,51+/m1/s1. The second kappa shape index (κ2) is 33.7. The Hall–Kier alpha value is -8.25. The van der Waals surface area contributed by atoms with E-state index < -0.39 is 42.2 Å². The van der Waals surface area contributed by atoms with Crippen molar-refractivity contribution in [3.63, 3.8) is 0 Å². The van der Waals surface area contributed by atoms with E-state index in [0.717, 1.165) is 16.7 Å². The molecule has 5 aromatic carbocycles. The molecule has 0 saturated heterocycles. The fourth-order valence-corrected chi connectivity index (χ4v) is 8.26. The Bertz CT molecular complexity index is 2690. The number of alkyl carbamates (subject to hydrolysis) is 3. The lowest BCUT2D eigenvalue weighted by atomic mass is 9.96. The number of amides is 5. The first-order chi connectivity index (χ1) is 37.8. The molecule has 0 saturated carbocycles. The fourth-order valence-electron chi connectivity index (χ4n) is 8.26. The predicted octanol–water partition coefficient (Wildman–Crippen LogP) is 8.46. The molecule has 0 aliphatic heterocycles. The molecular formula is C60H74N6O12. The minimum atomic E-state index is -1.01. The lowest BCUT2D eigenvalue weighted by Crippen LogP contribution is -2.42. The SMILES string of the molecule is COc1ccc(CC(=O)[C@H](CCCCNC(=O)OCc2ccccc2)NC(=O)c2cc(CC(=O)[C@@H](N)CCCCNC(=O)OCc3ccccc3)ccc2OC)cc1C(=O)N[C@H](C)CCCCNC(=O)OCc1ccccc1. The maximum absolute atomic E-state index is 14.3. The highest BCUT2D eigenvalue weighted by Crippen LogP contribution is 2.24. The molecule has 0 unspecified atom stereocenters. The van der Waals surface area contributed by atoms with Crippen LogP contribution >= 0.6 is 0 Å². The fraction of sp³-hybridized carbons (Fsp3) is 0.383. The van der Waals surface area contributed by atoms with Crippen LogP contribution in [0.1, 0.15) is 113 Å². The monoisotopic (exact) mass is 1070 g/mol. The maximum Gasteiger partial charge on any atom is 0.407 e. The van der Waals surface area contributed by atoms with Crippen molar-refractivity contribution in [3.8, 4) is 11.5 Å². The van der Waals surface area contributed by atoms with Crippen LogP contribution in [0.25, 0.3) is 0 Å². The number of Topliss-reactive ketones (excluding diaryl/α,β-unsaturated/α-hetero) is 2. The average molecular weight is 1070 g/mol. The molecule has 416 valence electrons. The summed E-state index contributed by atoms with van der Waals surface area (Å²) in [6.45, 7) is 3.35. The highest BCUT2D eigenvalue weighted by Gasteiger charge is 2.25. The van der Waals surface area contributed by atoms with E-state index >= 15 is 0 Å². The summed E-state index contributed by atoms with van der Waals surface area (Å²) in [6, 6.07) is 35.7. The van der Waals surface area contributed by atoms with Gasteiger partial charge in [-0.3, -0.25) is 19.2 Å². The van der Waals surface area contributed by atoms with E-state index in [-0.39, 0.29) is 80.1 Å². The molecule has 5 rings (SSSR count). The van der Waals surface area contributed by atoms with Gasteiger partial charge < -0.3 is 56.0 Å². The first kappa shape index (κ1) is 60.6. The van der Waals surface area contributed by atoms with Crippen LogP contribution in [0.4, 0.5) is 14.4 Å². The maximum atomic E-state index is 14.3. The number of nitrogens with two attached hydrogens (primary N) is 1.